The molecule has 0 radical (unpaired) electrons. The van der Waals surface area contributed by atoms with E-state index in [4.69, 9.17) is 33.0 Å². The Morgan fingerprint density at radius 1 is 1.40 bits per heavy atom. The molecule has 1 atom stereocenters. The lowest BCUT2D eigenvalue weighted by Gasteiger charge is -2.33. The van der Waals surface area contributed by atoms with E-state index in [2.05, 4.69) is 10.00 Å². The number of carboxylic acid groups (broad SMARTS) is 1. The monoisotopic (exact) mass is 383 g/mol. The molecule has 1 N–H and O–H groups in total. The average molecular weight is 384 g/mol. The zero-order chi connectivity index (χ0) is 18.0. The summed E-state index contributed by atoms with van der Waals surface area (Å²) in [7, 11) is 1.56. The van der Waals surface area contributed by atoms with Crippen LogP contribution in [-0.2, 0) is 6.54 Å². The summed E-state index contributed by atoms with van der Waals surface area (Å²) in [4.78, 5) is 13.3. The van der Waals surface area contributed by atoms with E-state index >= 15 is 0 Å². The van der Waals surface area contributed by atoms with E-state index in [0.717, 1.165) is 31.5 Å². The first-order valence-electron chi connectivity index (χ1n) is 8.00. The predicted molar refractivity (Wildman–Crippen MR) is 95.7 cm³/mol. The highest BCUT2D eigenvalue weighted by atomic mass is 35.5. The number of hydrogen-bond donors (Lipinski definition) is 1. The quantitative estimate of drug-likeness (QED) is 0.851. The second-order valence-corrected chi connectivity index (χ2v) is 6.91. The molecule has 2 aromatic rings. The van der Waals surface area contributed by atoms with E-state index in [1.807, 2.05) is 6.07 Å². The Bertz CT molecular complexity index is 778. The van der Waals surface area contributed by atoms with Crippen molar-refractivity contribution >= 4 is 29.2 Å². The highest BCUT2D eigenvalue weighted by molar-refractivity contribution is 6.34. The van der Waals surface area contributed by atoms with Gasteiger partial charge >= 0.3 is 5.97 Å². The molecule has 134 valence electrons. The van der Waals surface area contributed by atoms with Crippen LogP contribution >= 0.6 is 23.2 Å². The van der Waals surface area contributed by atoms with Crippen molar-refractivity contribution < 1.29 is 14.6 Å². The molecule has 8 heteroatoms. The number of aromatic nitrogens is 2. The third-order valence-corrected chi connectivity index (χ3v) is 5.04. The molecule has 3 rings (SSSR count). The van der Waals surface area contributed by atoms with Crippen LogP contribution in [0.2, 0.25) is 10.0 Å². The molecule has 1 aromatic carbocycles. The molecule has 1 unspecified atom stereocenters. The number of likely N-dealkylation sites (tertiary alicyclic amines) is 1. The molecule has 1 aliphatic heterocycles. The van der Waals surface area contributed by atoms with Crippen LogP contribution in [-0.4, -0.2) is 46.0 Å². The minimum atomic E-state index is -1.01. The number of piperidine rings is 1. The number of benzene rings is 1. The number of carbonyl (C=O) groups is 1. The fourth-order valence-electron chi connectivity index (χ4n) is 3.13. The lowest BCUT2D eigenvalue weighted by atomic mass is 10.0. The molecule has 0 saturated carbocycles. The van der Waals surface area contributed by atoms with Gasteiger partial charge < -0.3 is 9.84 Å². The van der Waals surface area contributed by atoms with E-state index in [1.54, 1.807) is 24.1 Å². The summed E-state index contributed by atoms with van der Waals surface area (Å²) in [5, 5.41) is 14.3. The number of ether oxygens (including phenoxy) is 1. The fraction of sp³-hybridized carbons (Fsp3) is 0.412. The maximum atomic E-state index is 11.0. The number of rotatable bonds is 5. The van der Waals surface area contributed by atoms with E-state index in [-0.39, 0.29) is 11.7 Å². The number of carboxylic acids is 1. The first-order valence-corrected chi connectivity index (χ1v) is 8.76. The number of halogens is 2. The molecule has 0 aliphatic carbocycles. The van der Waals surface area contributed by atoms with Crippen molar-refractivity contribution in [2.45, 2.75) is 25.4 Å². The van der Waals surface area contributed by atoms with Crippen molar-refractivity contribution in [2.24, 2.45) is 0 Å². The molecule has 6 nitrogen and oxygen atoms in total. The number of methoxy groups -OCH3 is 1. The highest BCUT2D eigenvalue weighted by Crippen LogP contribution is 2.32. The van der Waals surface area contributed by atoms with Crippen molar-refractivity contribution in [1.82, 2.24) is 14.7 Å². The lowest BCUT2D eigenvalue weighted by molar-refractivity contribution is 0.0688. The zero-order valence-corrected chi connectivity index (χ0v) is 15.3. The van der Waals surface area contributed by atoms with Gasteiger partial charge in [0.25, 0.3) is 0 Å². The topological polar surface area (TPSA) is 67.6 Å². The molecule has 1 fully saturated rings. The summed E-state index contributed by atoms with van der Waals surface area (Å²) >= 11 is 12.5. The SMILES string of the molecule is COc1cc(Cl)c(CN2CCCC(n3ccc(C(=O)O)n3)C2)cc1Cl. The summed E-state index contributed by atoms with van der Waals surface area (Å²) in [6, 6.07) is 5.24. The number of hydrogen-bond acceptors (Lipinski definition) is 4. The summed E-state index contributed by atoms with van der Waals surface area (Å²) in [6.45, 7) is 2.40. The van der Waals surface area contributed by atoms with E-state index in [0.29, 0.717) is 22.3 Å². The minimum Gasteiger partial charge on any atom is -0.495 e. The van der Waals surface area contributed by atoms with Gasteiger partial charge in [0.15, 0.2) is 5.69 Å². The van der Waals surface area contributed by atoms with Gasteiger partial charge in [-0.05, 0) is 37.1 Å². The van der Waals surface area contributed by atoms with Crippen molar-refractivity contribution in [3.8, 4) is 5.75 Å². The smallest absolute Gasteiger partial charge is 0.356 e. The molecule has 0 bridgehead atoms. The van der Waals surface area contributed by atoms with Crippen LogP contribution in [0.15, 0.2) is 24.4 Å². The number of aromatic carboxylic acids is 1. The van der Waals surface area contributed by atoms with Gasteiger partial charge in [0.1, 0.15) is 5.75 Å². The maximum Gasteiger partial charge on any atom is 0.356 e. The maximum absolute atomic E-state index is 11.0. The molecule has 1 aliphatic rings. The Balaban J connectivity index is 1.71. The van der Waals surface area contributed by atoms with Crippen LogP contribution in [0.1, 0.15) is 34.9 Å². The third-order valence-electron chi connectivity index (χ3n) is 4.40. The van der Waals surface area contributed by atoms with Crippen LogP contribution in [0, 0.1) is 0 Å². The van der Waals surface area contributed by atoms with Crippen molar-refractivity contribution in [3.05, 3.63) is 45.7 Å². The second-order valence-electron chi connectivity index (χ2n) is 6.10. The summed E-state index contributed by atoms with van der Waals surface area (Å²) < 4.78 is 6.93. The predicted octanol–water partition coefficient (Wildman–Crippen LogP) is 3.73. The molecule has 1 aromatic heterocycles. The largest absolute Gasteiger partial charge is 0.495 e. The standard InChI is InChI=1S/C17H19Cl2N3O3/c1-25-16-8-13(18)11(7-14(16)19)9-21-5-2-3-12(10-21)22-6-4-15(20-22)17(23)24/h4,6-8,12H,2-3,5,9-10H2,1H3,(H,23,24). The molecule has 0 amide bonds. The van der Waals surface area contributed by atoms with Crippen molar-refractivity contribution in [2.75, 3.05) is 20.2 Å². The van der Waals surface area contributed by atoms with Gasteiger partial charge in [-0.2, -0.15) is 5.10 Å². The first-order chi connectivity index (χ1) is 12.0. The third kappa shape index (κ3) is 4.08. The van der Waals surface area contributed by atoms with Gasteiger partial charge in [-0.25, -0.2) is 4.79 Å². The molecule has 1 saturated heterocycles. The minimum absolute atomic E-state index is 0.0714. The Morgan fingerprint density at radius 2 is 2.20 bits per heavy atom. The van der Waals surface area contributed by atoms with Crippen LogP contribution in [0.25, 0.3) is 0 Å². The first kappa shape index (κ1) is 18.0. The highest BCUT2D eigenvalue weighted by Gasteiger charge is 2.23. The lowest BCUT2D eigenvalue weighted by Crippen LogP contribution is -2.36. The van der Waals surface area contributed by atoms with Gasteiger partial charge in [0.05, 0.1) is 18.2 Å². The van der Waals surface area contributed by atoms with Crippen molar-refractivity contribution in [3.63, 3.8) is 0 Å². The van der Waals surface area contributed by atoms with Gasteiger partial charge in [-0.1, -0.05) is 23.2 Å². The van der Waals surface area contributed by atoms with Crippen LogP contribution in [0.3, 0.4) is 0 Å². The molecular weight excluding hydrogens is 365 g/mol. The normalized spacial score (nSPS) is 18.3. The Labute approximate surface area is 155 Å². The molecule has 0 spiro atoms. The van der Waals surface area contributed by atoms with Gasteiger partial charge in [-0.3, -0.25) is 9.58 Å². The molecular formula is C17H19Cl2N3O3. The molecule has 25 heavy (non-hydrogen) atoms. The van der Waals surface area contributed by atoms with E-state index in [9.17, 15) is 4.79 Å². The van der Waals surface area contributed by atoms with Gasteiger partial charge in [-0.15, -0.1) is 0 Å². The fourth-order valence-corrected chi connectivity index (χ4v) is 3.61. The van der Waals surface area contributed by atoms with E-state index in [1.165, 1.54) is 6.07 Å². The van der Waals surface area contributed by atoms with Gasteiger partial charge in [0, 0.05) is 30.4 Å². The van der Waals surface area contributed by atoms with Crippen LogP contribution in [0.4, 0.5) is 0 Å². The van der Waals surface area contributed by atoms with Crippen molar-refractivity contribution in [1.29, 1.82) is 0 Å². The molecule has 2 heterocycles. The second kappa shape index (κ2) is 7.64. The Hall–Kier alpha value is -1.76. The van der Waals surface area contributed by atoms with Gasteiger partial charge in [0.2, 0.25) is 0 Å². The summed E-state index contributed by atoms with van der Waals surface area (Å²) in [5.74, 6) is -0.448. The average Bonchev–Trinajstić information content (AvgIpc) is 3.08. The zero-order valence-electron chi connectivity index (χ0n) is 13.8. The van der Waals surface area contributed by atoms with Crippen LogP contribution in [0.5, 0.6) is 5.75 Å². The van der Waals surface area contributed by atoms with Crippen LogP contribution < -0.4 is 4.74 Å². The summed E-state index contributed by atoms with van der Waals surface area (Å²) in [6.07, 6.45) is 3.71. The Morgan fingerprint density at radius 3 is 2.88 bits per heavy atom. The number of nitrogens with zero attached hydrogens (tertiary/aromatic N) is 3. The summed E-state index contributed by atoms with van der Waals surface area (Å²) in [5.41, 5.74) is 1.02. The van der Waals surface area contributed by atoms with E-state index < -0.39 is 5.97 Å². The Kier molecular flexibility index (Phi) is 5.51.